The minimum atomic E-state index is 0.375. The summed E-state index contributed by atoms with van der Waals surface area (Å²) in [7, 11) is 0. The normalized spacial score (nSPS) is 23.8. The van der Waals surface area contributed by atoms with E-state index in [2.05, 4.69) is 73.9 Å². The molecule has 118 valence electrons. The van der Waals surface area contributed by atoms with Gasteiger partial charge in [-0.25, -0.2) is 0 Å². The second-order valence-electron chi connectivity index (χ2n) is 5.16. The van der Waals surface area contributed by atoms with Gasteiger partial charge in [0.25, 0.3) is 0 Å². The van der Waals surface area contributed by atoms with Gasteiger partial charge in [-0.05, 0) is 26.0 Å². The van der Waals surface area contributed by atoms with Gasteiger partial charge in [-0.2, -0.15) is 23.5 Å². The Hall–Kier alpha value is -0.320. The van der Waals surface area contributed by atoms with Crippen LogP contribution in [0.5, 0.6) is 5.75 Å². The number of para-hydroxylation sites is 1. The number of hydrogen-bond donors (Lipinski definition) is 1. The first-order chi connectivity index (χ1) is 10.3. The molecule has 0 aliphatic carbocycles. The van der Waals surface area contributed by atoms with Crippen LogP contribution < -0.4 is 10.1 Å². The van der Waals surface area contributed by atoms with Gasteiger partial charge in [0, 0.05) is 33.6 Å². The van der Waals surface area contributed by atoms with E-state index in [1.807, 2.05) is 0 Å². The second kappa shape index (κ2) is 8.96. The van der Waals surface area contributed by atoms with Gasteiger partial charge in [-0.3, -0.25) is 0 Å². The van der Waals surface area contributed by atoms with Gasteiger partial charge < -0.3 is 10.1 Å². The Kier molecular flexibility index (Phi) is 7.27. The maximum absolute atomic E-state index is 5.87. The minimum absolute atomic E-state index is 0.375. The first kappa shape index (κ1) is 17.0. The summed E-state index contributed by atoms with van der Waals surface area (Å²) in [4.78, 5) is 0. The molecule has 2 rings (SSSR count). The molecule has 0 aromatic heterocycles. The molecule has 1 aromatic carbocycles. The Balaban J connectivity index is 2.29. The first-order valence-corrected chi connectivity index (χ1v) is 10.1. The molecule has 1 aromatic rings. The van der Waals surface area contributed by atoms with Crippen molar-refractivity contribution in [3.63, 3.8) is 0 Å². The molecule has 0 spiro atoms. The Morgan fingerprint density at radius 2 is 1.95 bits per heavy atom. The largest absolute Gasteiger partial charge is 0.494 e. The summed E-state index contributed by atoms with van der Waals surface area (Å²) in [5, 5.41) is 5.06. The average molecular weight is 326 g/mol. The average Bonchev–Trinajstić information content (AvgIpc) is 2.54. The zero-order chi connectivity index (χ0) is 15.1. The third-order valence-electron chi connectivity index (χ3n) is 3.80. The van der Waals surface area contributed by atoms with Crippen molar-refractivity contribution in [3.8, 4) is 5.75 Å². The van der Waals surface area contributed by atoms with Crippen molar-refractivity contribution in [2.24, 2.45) is 0 Å². The van der Waals surface area contributed by atoms with Crippen LogP contribution in [-0.2, 0) is 0 Å². The molecule has 1 N–H and O–H groups in total. The highest BCUT2D eigenvalue weighted by Crippen LogP contribution is 2.42. The van der Waals surface area contributed by atoms with Gasteiger partial charge in [0.2, 0.25) is 0 Å². The van der Waals surface area contributed by atoms with E-state index in [-0.39, 0.29) is 0 Å². The molecule has 1 aliphatic rings. The van der Waals surface area contributed by atoms with Crippen molar-refractivity contribution in [2.45, 2.75) is 43.7 Å². The summed E-state index contributed by atoms with van der Waals surface area (Å²) in [5.74, 6) is 3.58. The summed E-state index contributed by atoms with van der Waals surface area (Å²) in [6.07, 6.45) is 1.24. The lowest BCUT2D eigenvalue weighted by Crippen LogP contribution is -2.38. The number of ether oxygens (including phenoxy) is 1. The molecule has 1 saturated heterocycles. The molecule has 1 fully saturated rings. The van der Waals surface area contributed by atoms with E-state index < -0.39 is 0 Å². The van der Waals surface area contributed by atoms with E-state index >= 15 is 0 Å². The van der Waals surface area contributed by atoms with E-state index in [1.165, 1.54) is 23.5 Å². The topological polar surface area (TPSA) is 21.3 Å². The van der Waals surface area contributed by atoms with Crippen LogP contribution in [0, 0.1) is 0 Å². The van der Waals surface area contributed by atoms with Crippen LogP contribution in [0.25, 0.3) is 0 Å². The molecule has 21 heavy (non-hydrogen) atoms. The molecule has 0 saturated carbocycles. The summed E-state index contributed by atoms with van der Waals surface area (Å²) < 4.78 is 5.87. The van der Waals surface area contributed by atoms with Crippen LogP contribution in [0.2, 0.25) is 0 Å². The lowest BCUT2D eigenvalue weighted by Gasteiger charge is -2.37. The smallest absolute Gasteiger partial charge is 0.124 e. The third kappa shape index (κ3) is 4.33. The zero-order valence-corrected chi connectivity index (χ0v) is 14.9. The highest BCUT2D eigenvalue weighted by molar-refractivity contribution is 8.07. The lowest BCUT2D eigenvalue weighted by molar-refractivity contribution is 0.330. The summed E-state index contributed by atoms with van der Waals surface area (Å²) in [6.45, 7) is 8.27. The molecule has 2 nitrogen and oxygen atoms in total. The van der Waals surface area contributed by atoms with Crippen LogP contribution in [0.4, 0.5) is 0 Å². The van der Waals surface area contributed by atoms with Crippen molar-refractivity contribution in [2.75, 3.05) is 24.7 Å². The summed E-state index contributed by atoms with van der Waals surface area (Å²) in [5.41, 5.74) is 1.32. The highest BCUT2D eigenvalue weighted by Gasteiger charge is 2.33. The summed E-state index contributed by atoms with van der Waals surface area (Å²) >= 11 is 4.26. The van der Waals surface area contributed by atoms with E-state index in [0.717, 1.165) is 24.2 Å². The van der Waals surface area contributed by atoms with Crippen molar-refractivity contribution < 1.29 is 4.74 Å². The SMILES string of the molecule is CCNC(c1ccccc1OCC)C1SCCSC1CC. The predicted octanol–water partition coefficient (Wildman–Crippen LogP) is 4.36. The maximum atomic E-state index is 5.87. The number of hydrogen-bond acceptors (Lipinski definition) is 4. The number of benzene rings is 1. The molecule has 1 aliphatic heterocycles. The van der Waals surface area contributed by atoms with Gasteiger partial charge in [0.15, 0.2) is 0 Å². The van der Waals surface area contributed by atoms with Gasteiger partial charge in [0.05, 0.1) is 6.61 Å². The predicted molar refractivity (Wildman–Crippen MR) is 96.8 cm³/mol. The molecular formula is C17H27NOS2. The van der Waals surface area contributed by atoms with E-state index in [1.54, 1.807) is 0 Å². The molecular weight excluding hydrogens is 298 g/mol. The molecule has 1 heterocycles. The highest BCUT2D eigenvalue weighted by atomic mass is 32.2. The van der Waals surface area contributed by atoms with Crippen molar-refractivity contribution in [1.29, 1.82) is 0 Å². The second-order valence-corrected chi connectivity index (χ2v) is 7.79. The fraction of sp³-hybridized carbons (Fsp3) is 0.647. The van der Waals surface area contributed by atoms with Crippen LogP contribution in [0.15, 0.2) is 24.3 Å². The Labute approximate surface area is 137 Å². The fourth-order valence-corrected chi connectivity index (χ4v) is 6.14. The third-order valence-corrected chi connectivity index (χ3v) is 7.15. The number of rotatable bonds is 7. The standard InChI is InChI=1S/C17H27NOS2/c1-4-15-17(21-12-11-20-15)16(18-5-2)13-9-7-8-10-14(13)19-6-3/h7-10,15-18H,4-6,11-12H2,1-3H3. The maximum Gasteiger partial charge on any atom is 0.124 e. The Morgan fingerprint density at radius 3 is 2.67 bits per heavy atom. The van der Waals surface area contributed by atoms with Crippen LogP contribution >= 0.6 is 23.5 Å². The van der Waals surface area contributed by atoms with Crippen molar-refractivity contribution in [3.05, 3.63) is 29.8 Å². The lowest BCUT2D eigenvalue weighted by atomic mass is 9.99. The van der Waals surface area contributed by atoms with E-state index in [4.69, 9.17) is 4.74 Å². The van der Waals surface area contributed by atoms with Crippen LogP contribution in [0.1, 0.15) is 38.8 Å². The Morgan fingerprint density at radius 1 is 1.19 bits per heavy atom. The van der Waals surface area contributed by atoms with Gasteiger partial charge in [-0.1, -0.05) is 32.0 Å². The van der Waals surface area contributed by atoms with Crippen molar-refractivity contribution >= 4 is 23.5 Å². The quantitative estimate of drug-likeness (QED) is 0.803. The first-order valence-electron chi connectivity index (χ1n) is 8.00. The molecule has 0 radical (unpaired) electrons. The Bertz CT molecular complexity index is 427. The van der Waals surface area contributed by atoms with Crippen molar-refractivity contribution in [1.82, 2.24) is 5.32 Å². The molecule has 3 unspecified atom stereocenters. The molecule has 0 amide bonds. The zero-order valence-electron chi connectivity index (χ0n) is 13.3. The molecule has 3 atom stereocenters. The molecule has 4 heteroatoms. The number of nitrogens with one attached hydrogen (secondary N) is 1. The van der Waals surface area contributed by atoms with E-state index in [0.29, 0.717) is 11.3 Å². The van der Waals surface area contributed by atoms with Gasteiger partial charge >= 0.3 is 0 Å². The molecule has 0 bridgehead atoms. The monoisotopic (exact) mass is 325 g/mol. The van der Waals surface area contributed by atoms with Crippen LogP contribution in [0.3, 0.4) is 0 Å². The van der Waals surface area contributed by atoms with Gasteiger partial charge in [-0.15, -0.1) is 0 Å². The summed E-state index contributed by atoms with van der Waals surface area (Å²) in [6, 6.07) is 8.90. The number of thioether (sulfide) groups is 2. The van der Waals surface area contributed by atoms with Crippen LogP contribution in [-0.4, -0.2) is 35.2 Å². The van der Waals surface area contributed by atoms with Gasteiger partial charge in [0.1, 0.15) is 5.75 Å². The minimum Gasteiger partial charge on any atom is -0.494 e. The van der Waals surface area contributed by atoms with E-state index in [9.17, 15) is 0 Å². The fourth-order valence-electron chi connectivity index (χ4n) is 2.89.